The average Bonchev–Trinajstić information content (AvgIpc) is 1.39. The third-order valence-electron chi connectivity index (χ3n) is 0. The zero-order chi connectivity index (χ0) is 5.41. The summed E-state index contributed by atoms with van der Waals surface area (Å²) >= 11 is 3.51. The first-order valence-electron chi connectivity index (χ1n) is 0.660. The maximum absolute atomic E-state index is 8.88. The molecule has 0 aliphatic heterocycles. The number of hydrogen-bond acceptors (Lipinski definition) is 2. The molecule has 54 valence electrons. The standard InChI is InChI=1S/3Bi.Br2O.ClH.O.6H/c;;;1-3-2;;;;;;;;/h;;;;1H;;;;;;;/q;;+1;;;;;;;;;/p-1. The van der Waals surface area contributed by atoms with Gasteiger partial charge in [0.05, 0.1) is 0 Å². The summed E-state index contributed by atoms with van der Waals surface area (Å²) in [4.78, 5) is 0. The van der Waals surface area contributed by atoms with Gasteiger partial charge in [0.2, 0.25) is 0 Å². The summed E-state index contributed by atoms with van der Waals surface area (Å²) in [5, 5.41) is 0. The van der Waals surface area contributed by atoms with Crippen molar-refractivity contribution < 1.29 is 5.73 Å². The van der Waals surface area contributed by atoms with Crippen molar-refractivity contribution in [3.8, 4) is 0 Å². The van der Waals surface area contributed by atoms with Gasteiger partial charge < -0.3 is 0 Å². The fourth-order valence-electron chi connectivity index (χ4n) is 0. The summed E-state index contributed by atoms with van der Waals surface area (Å²) in [5.41, 5.74) is 0. The second-order valence-corrected chi connectivity index (χ2v) is 3.39. The summed E-state index contributed by atoms with van der Waals surface area (Å²) in [7, 11) is 4.62. The van der Waals surface area contributed by atoms with Crippen molar-refractivity contribution in [1.82, 2.24) is 0 Å². The van der Waals surface area contributed by atoms with Gasteiger partial charge in [0.1, 0.15) is 32.5 Å². The molecule has 0 heterocycles. The van der Waals surface area contributed by atoms with E-state index in [1.54, 1.807) is 0 Å². The summed E-state index contributed by atoms with van der Waals surface area (Å²) in [6, 6.07) is 0. The van der Waals surface area contributed by atoms with Gasteiger partial charge in [-0.3, -0.25) is 0 Å². The molecule has 0 bridgehead atoms. The van der Waals surface area contributed by atoms with Crippen LogP contribution in [-0.2, 0) is 5.73 Å². The van der Waals surface area contributed by atoms with E-state index in [0.29, 0.717) is 0 Å². The van der Waals surface area contributed by atoms with Crippen LogP contribution >= 0.6 is 41.0 Å². The van der Waals surface area contributed by atoms with Crippen molar-refractivity contribution >= 4 is 115 Å². The van der Waals surface area contributed by atoms with Crippen molar-refractivity contribution in [3.05, 3.63) is 0 Å². The van der Waals surface area contributed by atoms with Crippen LogP contribution in [0.4, 0.5) is 0 Å². The molecule has 0 radical (unpaired) electrons. The monoisotopic (exact) mass is 858 g/mol. The van der Waals surface area contributed by atoms with Gasteiger partial charge in [-0.2, -0.15) is 0 Å². The van der Waals surface area contributed by atoms with Gasteiger partial charge in [-0.1, -0.05) is 0 Å². The molecule has 0 atom stereocenters. The number of rotatable bonds is 0. The van der Waals surface area contributed by atoms with Gasteiger partial charge in [0.25, 0.3) is 0 Å². The van der Waals surface area contributed by atoms with Gasteiger partial charge in [-0.15, -0.1) is 0 Å². The predicted octanol–water partition coefficient (Wildman–Crippen LogP) is -0.555. The molecular formula is H6Bi3Br2ClO2. The fraction of sp³-hybridized carbons (Fsp3) is 0. The summed E-state index contributed by atoms with van der Waals surface area (Å²) in [6.45, 7) is 0. The Balaban J connectivity index is -0.0000000160. The first kappa shape index (κ1) is 22.6. The van der Waals surface area contributed by atoms with Crippen molar-refractivity contribution in [1.29, 1.82) is 0 Å². The minimum atomic E-state index is -1.61. The molecule has 0 aromatic rings. The van der Waals surface area contributed by atoms with E-state index in [1.807, 2.05) is 0 Å². The Labute approximate surface area is 119 Å². The molecule has 0 amide bonds. The number of halogens is 3. The van der Waals surface area contributed by atoms with Gasteiger partial charge in [0, 0.05) is 0 Å². The Morgan fingerprint density at radius 1 is 1.38 bits per heavy atom. The van der Waals surface area contributed by atoms with Crippen LogP contribution in [0.3, 0.4) is 0 Å². The van der Waals surface area contributed by atoms with Crippen molar-refractivity contribution in [2.24, 2.45) is 0 Å². The van der Waals surface area contributed by atoms with Crippen LogP contribution in [0.25, 0.3) is 0 Å². The van der Waals surface area contributed by atoms with E-state index in [2.05, 4.69) is 43.9 Å². The van der Waals surface area contributed by atoms with E-state index in [9.17, 15) is 0 Å². The van der Waals surface area contributed by atoms with Crippen LogP contribution < -0.4 is 0 Å². The Morgan fingerprint density at radius 2 is 1.38 bits per heavy atom. The zero-order valence-corrected chi connectivity index (χ0v) is 22.2. The maximum atomic E-state index is 8.88. The molecule has 0 spiro atoms. The zero-order valence-electron chi connectivity index (χ0n) is 3.81. The molecule has 8 heteroatoms. The normalized spacial score (nSPS) is 3.88. The molecule has 0 saturated heterocycles. The van der Waals surface area contributed by atoms with Crippen LogP contribution in [0, 0.1) is 0 Å². The Morgan fingerprint density at radius 3 is 1.38 bits per heavy atom. The molecule has 0 aromatic carbocycles. The Hall–Kier alpha value is 3.66. The van der Waals surface area contributed by atoms with Gasteiger partial charge in [-0.25, -0.2) is 2.92 Å². The fourth-order valence-corrected chi connectivity index (χ4v) is 0. The Bertz CT molecular complexity index is 29.2. The van der Waals surface area contributed by atoms with Gasteiger partial charge in [-0.05, 0) is 0 Å². The van der Waals surface area contributed by atoms with E-state index in [-0.39, 0.29) is 52.4 Å². The summed E-state index contributed by atoms with van der Waals surface area (Å²) in [5.74, 6) is 0. The van der Waals surface area contributed by atoms with Crippen molar-refractivity contribution in [2.75, 3.05) is 0 Å². The predicted molar refractivity (Wildman–Crippen MR) is 51.1 cm³/mol. The van der Waals surface area contributed by atoms with Crippen molar-refractivity contribution in [2.45, 2.75) is 0 Å². The molecule has 0 saturated carbocycles. The summed E-state index contributed by atoms with van der Waals surface area (Å²) in [6.07, 6.45) is 0. The first-order chi connectivity index (χ1) is 2.83. The second-order valence-electron chi connectivity index (χ2n) is 0.127. The molecule has 0 rings (SSSR count). The number of hydrogen-bond donors (Lipinski definition) is 0. The summed E-state index contributed by atoms with van der Waals surface area (Å²) < 4.78 is 12.8. The van der Waals surface area contributed by atoms with Crippen LogP contribution in [0.2, 0.25) is 0 Å². The molecule has 0 aliphatic rings. The average molecular weight is 860 g/mol. The van der Waals surface area contributed by atoms with Gasteiger partial charge in [0.15, 0.2) is 0 Å². The third-order valence-corrected chi connectivity index (χ3v) is 0. The third kappa shape index (κ3) is 54.1. The van der Waals surface area contributed by atoms with Crippen LogP contribution in [0.5, 0.6) is 0 Å². The van der Waals surface area contributed by atoms with Crippen LogP contribution in [0.1, 0.15) is 0 Å². The molecule has 0 N–H and O–H groups in total. The molecule has 2 nitrogen and oxygen atoms in total. The topological polar surface area (TPSA) is 26.3 Å². The van der Waals surface area contributed by atoms with Crippen LogP contribution in [-0.4, -0.2) is 74.5 Å². The second kappa shape index (κ2) is 31.1. The molecule has 0 unspecified atom stereocenters. The SMILES string of the molecule is BrOBr.[BiH3].[BiH3].[O]=[Bi][Cl]. The molecule has 0 fully saturated rings. The van der Waals surface area contributed by atoms with E-state index in [4.69, 9.17) is 2.81 Å². The van der Waals surface area contributed by atoms with E-state index < -0.39 is 22.0 Å². The van der Waals surface area contributed by atoms with Gasteiger partial charge >= 0.3 is 85.8 Å². The molecule has 0 aromatic heterocycles. The minimum absolute atomic E-state index is 0. The Kier molecular flexibility index (Phi) is 87.7. The van der Waals surface area contributed by atoms with E-state index in [1.165, 1.54) is 0 Å². The van der Waals surface area contributed by atoms with Crippen molar-refractivity contribution in [3.63, 3.8) is 0 Å². The molecule has 0 aliphatic carbocycles. The molecular weight excluding hydrogens is 854 g/mol. The molecule has 8 heavy (non-hydrogen) atoms. The quantitative estimate of drug-likeness (QED) is 0.306. The van der Waals surface area contributed by atoms with Crippen LogP contribution in [0.15, 0.2) is 0 Å². The van der Waals surface area contributed by atoms with E-state index >= 15 is 0 Å². The van der Waals surface area contributed by atoms with E-state index in [0.717, 1.165) is 0 Å². The first-order valence-corrected chi connectivity index (χ1v) is 7.66.